The number of hydrogen-bond donors (Lipinski definition) is 2. The molecule has 0 aliphatic carbocycles. The van der Waals surface area contributed by atoms with Gasteiger partial charge in [-0.25, -0.2) is 10.5 Å². The number of pyridine rings is 1. The lowest BCUT2D eigenvalue weighted by molar-refractivity contribution is -0.136. The van der Waals surface area contributed by atoms with Crippen molar-refractivity contribution in [3.8, 4) is 0 Å². The molecule has 2 rings (SSSR count). The molecule has 0 saturated carbocycles. The molecule has 0 bridgehead atoms. The molecule has 1 aromatic carbocycles. The summed E-state index contributed by atoms with van der Waals surface area (Å²) in [5.41, 5.74) is 0.185. The van der Waals surface area contributed by atoms with Crippen molar-refractivity contribution in [3.63, 3.8) is 0 Å². The summed E-state index contributed by atoms with van der Waals surface area (Å²) in [6.45, 7) is 0. The van der Waals surface area contributed by atoms with E-state index in [1.807, 2.05) is 0 Å². The van der Waals surface area contributed by atoms with Crippen LogP contribution >= 0.6 is 15.9 Å². The number of rotatable bonds is 1. The van der Waals surface area contributed by atoms with Crippen molar-refractivity contribution < 1.29 is 23.2 Å². The Morgan fingerprint density at radius 2 is 2.05 bits per heavy atom. The summed E-state index contributed by atoms with van der Waals surface area (Å²) in [7, 11) is 0. The topological polar surface area (TPSA) is 62.2 Å². The number of hydrogen-bond acceptors (Lipinski definition) is 3. The predicted molar refractivity (Wildman–Crippen MR) is 63.7 cm³/mol. The van der Waals surface area contributed by atoms with Gasteiger partial charge in [0.05, 0.1) is 5.56 Å². The highest BCUT2D eigenvalue weighted by molar-refractivity contribution is 9.10. The molecule has 0 aliphatic rings. The first-order chi connectivity index (χ1) is 8.86. The lowest BCUT2D eigenvalue weighted by Gasteiger charge is -2.13. The molecule has 0 aliphatic heterocycles. The molecule has 0 spiro atoms. The van der Waals surface area contributed by atoms with E-state index in [-0.39, 0.29) is 20.9 Å². The van der Waals surface area contributed by atoms with Gasteiger partial charge in [0.1, 0.15) is 5.69 Å². The van der Waals surface area contributed by atoms with Crippen molar-refractivity contribution in [3.05, 3.63) is 40.1 Å². The Labute approximate surface area is 113 Å². The second kappa shape index (κ2) is 4.78. The van der Waals surface area contributed by atoms with E-state index in [0.29, 0.717) is 0 Å². The number of nitrogens with one attached hydrogen (secondary N) is 1. The standard InChI is InChI=1S/C11H6BrF3N2O2/c12-7-4-16-9(10(18)17-19)5-2-1-3-6(8(5)7)11(13,14)15/h1-4,19H,(H,17,18). The van der Waals surface area contributed by atoms with E-state index in [2.05, 4.69) is 20.9 Å². The number of halogens is 4. The van der Waals surface area contributed by atoms with Gasteiger partial charge in [-0.2, -0.15) is 13.2 Å². The zero-order valence-electron chi connectivity index (χ0n) is 9.12. The van der Waals surface area contributed by atoms with E-state index in [0.717, 1.165) is 12.3 Å². The van der Waals surface area contributed by atoms with Crippen molar-refractivity contribution in [2.24, 2.45) is 0 Å². The number of carbonyl (C=O) groups is 1. The number of fused-ring (bicyclic) bond motifs is 1. The van der Waals surface area contributed by atoms with Crippen LogP contribution in [-0.4, -0.2) is 16.1 Å². The van der Waals surface area contributed by atoms with Crippen LogP contribution in [0.15, 0.2) is 28.9 Å². The normalized spacial score (nSPS) is 11.6. The van der Waals surface area contributed by atoms with Crippen LogP contribution in [-0.2, 0) is 6.18 Å². The van der Waals surface area contributed by atoms with Crippen LogP contribution in [0.25, 0.3) is 10.8 Å². The molecule has 4 nitrogen and oxygen atoms in total. The lowest BCUT2D eigenvalue weighted by Crippen LogP contribution is -2.20. The van der Waals surface area contributed by atoms with E-state index in [9.17, 15) is 18.0 Å². The van der Waals surface area contributed by atoms with Gasteiger partial charge in [0, 0.05) is 21.4 Å². The highest BCUT2D eigenvalue weighted by Gasteiger charge is 2.33. The minimum absolute atomic E-state index is 0.00394. The number of alkyl halides is 3. The van der Waals surface area contributed by atoms with Gasteiger partial charge in [0.15, 0.2) is 0 Å². The third-order valence-electron chi connectivity index (χ3n) is 2.49. The van der Waals surface area contributed by atoms with Crippen LogP contribution in [0.4, 0.5) is 13.2 Å². The van der Waals surface area contributed by atoms with Crippen LogP contribution in [0.2, 0.25) is 0 Å². The molecule has 2 N–H and O–H groups in total. The Bertz CT molecular complexity index is 658. The van der Waals surface area contributed by atoms with Crippen LogP contribution in [0.5, 0.6) is 0 Å². The van der Waals surface area contributed by atoms with Gasteiger partial charge in [0.2, 0.25) is 0 Å². The van der Waals surface area contributed by atoms with Crippen LogP contribution in [0.1, 0.15) is 16.1 Å². The molecule has 0 saturated heterocycles. The maximum Gasteiger partial charge on any atom is 0.417 e. The molecule has 1 heterocycles. The van der Waals surface area contributed by atoms with Gasteiger partial charge in [-0.15, -0.1) is 0 Å². The fraction of sp³-hybridized carbons (Fsp3) is 0.0909. The maximum atomic E-state index is 12.9. The van der Waals surface area contributed by atoms with Gasteiger partial charge in [0.25, 0.3) is 5.91 Å². The molecule has 2 aromatic rings. The minimum Gasteiger partial charge on any atom is -0.288 e. The third kappa shape index (κ3) is 2.41. The smallest absolute Gasteiger partial charge is 0.288 e. The van der Waals surface area contributed by atoms with Crippen molar-refractivity contribution in [1.82, 2.24) is 10.5 Å². The zero-order valence-corrected chi connectivity index (χ0v) is 10.7. The Hall–Kier alpha value is -1.67. The summed E-state index contributed by atoms with van der Waals surface area (Å²) in [4.78, 5) is 15.1. The van der Waals surface area contributed by atoms with E-state index in [4.69, 9.17) is 5.21 Å². The lowest BCUT2D eigenvalue weighted by atomic mass is 10.0. The Morgan fingerprint density at radius 1 is 1.37 bits per heavy atom. The minimum atomic E-state index is -4.56. The molecular weight excluding hydrogens is 329 g/mol. The Balaban J connectivity index is 2.87. The molecular formula is C11H6BrF3N2O2. The fourth-order valence-electron chi connectivity index (χ4n) is 1.73. The van der Waals surface area contributed by atoms with Crippen molar-refractivity contribution in [2.75, 3.05) is 0 Å². The zero-order chi connectivity index (χ0) is 14.2. The van der Waals surface area contributed by atoms with Gasteiger partial charge in [-0.3, -0.25) is 10.0 Å². The number of benzene rings is 1. The predicted octanol–water partition coefficient (Wildman–Crippen LogP) is 3.14. The van der Waals surface area contributed by atoms with Crippen molar-refractivity contribution >= 4 is 32.6 Å². The second-order valence-corrected chi connectivity index (χ2v) is 4.48. The third-order valence-corrected chi connectivity index (χ3v) is 3.09. The number of aromatic nitrogens is 1. The van der Waals surface area contributed by atoms with E-state index in [1.54, 1.807) is 0 Å². The molecule has 0 unspecified atom stereocenters. The van der Waals surface area contributed by atoms with Gasteiger partial charge >= 0.3 is 6.18 Å². The summed E-state index contributed by atoms with van der Waals surface area (Å²) in [5, 5.41) is 8.39. The number of amides is 1. The van der Waals surface area contributed by atoms with Gasteiger partial charge in [-0.05, 0) is 22.0 Å². The summed E-state index contributed by atoms with van der Waals surface area (Å²) in [5.74, 6) is -0.975. The monoisotopic (exact) mass is 334 g/mol. The second-order valence-electron chi connectivity index (χ2n) is 3.62. The van der Waals surface area contributed by atoms with Crippen LogP contribution in [0.3, 0.4) is 0 Å². The largest absolute Gasteiger partial charge is 0.417 e. The SMILES string of the molecule is O=C(NO)c1ncc(Br)c2c(C(F)(F)F)cccc12. The molecule has 1 aromatic heterocycles. The first-order valence-corrected chi connectivity index (χ1v) is 5.74. The number of carbonyl (C=O) groups excluding carboxylic acids is 1. The summed E-state index contributed by atoms with van der Waals surface area (Å²) >= 11 is 2.99. The summed E-state index contributed by atoms with van der Waals surface area (Å²) < 4.78 is 38.9. The van der Waals surface area contributed by atoms with E-state index in [1.165, 1.54) is 17.6 Å². The summed E-state index contributed by atoms with van der Waals surface area (Å²) in [6.07, 6.45) is -3.47. The summed E-state index contributed by atoms with van der Waals surface area (Å²) in [6, 6.07) is 3.41. The van der Waals surface area contributed by atoms with Crippen molar-refractivity contribution in [2.45, 2.75) is 6.18 Å². The van der Waals surface area contributed by atoms with Gasteiger partial charge < -0.3 is 0 Å². The molecule has 19 heavy (non-hydrogen) atoms. The first-order valence-electron chi connectivity index (χ1n) is 4.95. The highest BCUT2D eigenvalue weighted by Crippen LogP contribution is 2.38. The number of hydroxylamine groups is 1. The van der Waals surface area contributed by atoms with Gasteiger partial charge in [-0.1, -0.05) is 12.1 Å². The van der Waals surface area contributed by atoms with Crippen molar-refractivity contribution in [1.29, 1.82) is 0 Å². The van der Waals surface area contributed by atoms with Crippen LogP contribution in [0, 0.1) is 0 Å². The quantitative estimate of drug-likeness (QED) is 0.622. The van der Waals surface area contributed by atoms with E-state index < -0.39 is 17.6 Å². The Morgan fingerprint density at radius 3 is 2.63 bits per heavy atom. The molecule has 8 heteroatoms. The highest BCUT2D eigenvalue weighted by atomic mass is 79.9. The fourth-order valence-corrected chi connectivity index (χ4v) is 2.26. The number of nitrogens with zero attached hydrogens (tertiary/aromatic N) is 1. The average molecular weight is 335 g/mol. The molecule has 0 fully saturated rings. The average Bonchev–Trinajstić information content (AvgIpc) is 2.37. The maximum absolute atomic E-state index is 12.9. The van der Waals surface area contributed by atoms with Crippen LogP contribution < -0.4 is 5.48 Å². The molecule has 0 atom stereocenters. The van der Waals surface area contributed by atoms with E-state index >= 15 is 0 Å². The first kappa shape index (κ1) is 13.8. The molecule has 0 radical (unpaired) electrons. The Kier molecular flexibility index (Phi) is 3.46. The molecule has 1 amide bonds. The molecule has 100 valence electrons.